The molecule has 0 aliphatic carbocycles. The highest BCUT2D eigenvalue weighted by Gasteiger charge is 2.78. The van der Waals surface area contributed by atoms with Gasteiger partial charge in [-0.15, -0.1) is 0 Å². The normalized spacial score (nSPS) is 20.5. The topological polar surface area (TPSA) is 40.2 Å². The van der Waals surface area contributed by atoms with Crippen LogP contribution in [0.3, 0.4) is 0 Å². The molecule has 0 spiro atoms. The zero-order valence-electron chi connectivity index (χ0n) is 13.8. The van der Waals surface area contributed by atoms with E-state index in [1.165, 1.54) is 0 Å². The maximum Gasteiger partial charge on any atom is 0.445 e. The molecule has 1 aliphatic heterocycles. The Labute approximate surface area is 146 Å². The lowest BCUT2D eigenvalue weighted by Gasteiger charge is -2.20. The van der Waals surface area contributed by atoms with E-state index in [1.807, 2.05) is 91.0 Å². The van der Waals surface area contributed by atoms with Crippen LogP contribution in [0.15, 0.2) is 91.0 Å². The molecule has 1 saturated heterocycles. The van der Waals surface area contributed by atoms with Crippen molar-refractivity contribution in [1.82, 2.24) is 0 Å². The van der Waals surface area contributed by atoms with Gasteiger partial charge in [0.15, 0.2) is 0 Å². The van der Waals surface area contributed by atoms with Gasteiger partial charge in [0.25, 0.3) is 0 Å². The van der Waals surface area contributed by atoms with E-state index in [0.717, 1.165) is 0 Å². The fraction of sp³-hybridized carbons (Fsp3) is 0.143. The van der Waals surface area contributed by atoms with Gasteiger partial charge in [-0.3, -0.25) is 0 Å². The molecule has 1 unspecified atom stereocenters. The second-order valence-electron chi connectivity index (χ2n) is 5.85. The minimum Gasteiger partial charge on any atom is -0.452 e. The van der Waals surface area contributed by atoms with E-state index in [4.69, 9.17) is 18.9 Å². The molecule has 4 rings (SSSR count). The van der Waals surface area contributed by atoms with Crippen LogP contribution in [0.25, 0.3) is 0 Å². The molecule has 1 fully saturated rings. The summed E-state index contributed by atoms with van der Waals surface area (Å²) in [6.45, 7) is 1.80. The zero-order chi connectivity index (χ0) is 17.2. The molecular weight excluding hydrogens is 316 g/mol. The number of para-hydroxylation sites is 3. The lowest BCUT2D eigenvalue weighted by molar-refractivity contribution is -0.113. The van der Waals surface area contributed by atoms with Crippen molar-refractivity contribution in [2.75, 3.05) is 0 Å². The number of ether oxygens (including phenoxy) is 4. The summed E-state index contributed by atoms with van der Waals surface area (Å²) in [6, 6.07) is 28.3. The Morgan fingerprint density at radius 1 is 0.560 bits per heavy atom. The van der Waals surface area contributed by atoms with Crippen molar-refractivity contribution in [3.05, 3.63) is 91.0 Å². The highest BCUT2D eigenvalue weighted by molar-refractivity contribution is 5.28. The van der Waals surface area contributed by atoms with Gasteiger partial charge in [0.1, 0.15) is 17.2 Å². The quantitative estimate of drug-likeness (QED) is 0.487. The first-order valence-corrected chi connectivity index (χ1v) is 8.12. The van der Waals surface area contributed by atoms with E-state index in [2.05, 4.69) is 0 Å². The first kappa shape index (κ1) is 15.5. The van der Waals surface area contributed by atoms with Crippen LogP contribution in [-0.2, 0) is 4.74 Å². The van der Waals surface area contributed by atoms with Gasteiger partial charge in [0, 0.05) is 6.92 Å². The third kappa shape index (κ3) is 3.16. The fourth-order valence-electron chi connectivity index (χ4n) is 2.56. The van der Waals surface area contributed by atoms with Crippen molar-refractivity contribution < 1.29 is 18.9 Å². The highest BCUT2D eigenvalue weighted by Crippen LogP contribution is 2.50. The summed E-state index contributed by atoms with van der Waals surface area (Å²) in [5.41, 5.74) is 0. The Kier molecular flexibility index (Phi) is 3.82. The largest absolute Gasteiger partial charge is 0.452 e. The smallest absolute Gasteiger partial charge is 0.445 e. The van der Waals surface area contributed by atoms with Gasteiger partial charge >= 0.3 is 11.8 Å². The molecule has 25 heavy (non-hydrogen) atoms. The van der Waals surface area contributed by atoms with Crippen LogP contribution in [0.2, 0.25) is 0 Å². The predicted molar refractivity (Wildman–Crippen MR) is 93.4 cm³/mol. The molecule has 3 aromatic rings. The molecule has 1 atom stereocenters. The van der Waals surface area contributed by atoms with Crippen molar-refractivity contribution in [3.63, 3.8) is 0 Å². The second-order valence-corrected chi connectivity index (χ2v) is 5.85. The molecule has 0 saturated carbocycles. The van der Waals surface area contributed by atoms with E-state index >= 15 is 0 Å². The lowest BCUT2D eigenvalue weighted by Crippen LogP contribution is -2.39. The van der Waals surface area contributed by atoms with Gasteiger partial charge in [-0.05, 0) is 36.4 Å². The van der Waals surface area contributed by atoms with Crippen LogP contribution >= 0.6 is 0 Å². The summed E-state index contributed by atoms with van der Waals surface area (Å²) in [5.74, 6) is -0.469. The van der Waals surface area contributed by atoms with E-state index in [1.54, 1.807) is 6.92 Å². The van der Waals surface area contributed by atoms with Crippen molar-refractivity contribution in [2.45, 2.75) is 18.7 Å². The maximum atomic E-state index is 6.04. The van der Waals surface area contributed by atoms with Crippen molar-refractivity contribution >= 4 is 0 Å². The molecule has 3 aromatic carbocycles. The highest BCUT2D eigenvalue weighted by atomic mass is 17.0. The van der Waals surface area contributed by atoms with Gasteiger partial charge in [0.05, 0.1) is 0 Å². The summed E-state index contributed by atoms with van der Waals surface area (Å²) < 4.78 is 23.9. The summed E-state index contributed by atoms with van der Waals surface area (Å²) in [7, 11) is 0. The fourth-order valence-corrected chi connectivity index (χ4v) is 2.56. The Bertz CT molecular complexity index is 779. The number of hydrogen-bond donors (Lipinski definition) is 0. The van der Waals surface area contributed by atoms with Gasteiger partial charge in [-0.1, -0.05) is 54.6 Å². The maximum absolute atomic E-state index is 6.04. The first-order chi connectivity index (χ1) is 12.2. The van der Waals surface area contributed by atoms with Crippen molar-refractivity contribution in [2.24, 2.45) is 0 Å². The molecule has 4 nitrogen and oxygen atoms in total. The van der Waals surface area contributed by atoms with Gasteiger partial charge in [-0.2, -0.15) is 0 Å². The van der Waals surface area contributed by atoms with E-state index in [9.17, 15) is 0 Å². The molecule has 4 heteroatoms. The number of hydrogen-bond acceptors (Lipinski definition) is 4. The summed E-state index contributed by atoms with van der Waals surface area (Å²) in [5, 5.41) is 0. The average Bonchev–Trinajstić information content (AvgIpc) is 3.19. The SMILES string of the molecule is CC1(Oc2ccccc2)OC1(Oc1ccccc1)Oc1ccccc1. The van der Waals surface area contributed by atoms with Crippen molar-refractivity contribution in [1.29, 1.82) is 0 Å². The Morgan fingerprint density at radius 2 is 0.920 bits per heavy atom. The minimum absolute atomic E-state index is 0.638. The molecule has 1 heterocycles. The summed E-state index contributed by atoms with van der Waals surface area (Å²) in [6.07, 6.45) is 0. The monoisotopic (exact) mass is 334 g/mol. The molecular formula is C21H18O4. The Hall–Kier alpha value is -2.98. The third-order valence-electron chi connectivity index (χ3n) is 3.89. The van der Waals surface area contributed by atoms with Crippen molar-refractivity contribution in [3.8, 4) is 17.2 Å². The minimum atomic E-state index is -1.36. The van der Waals surface area contributed by atoms with E-state index < -0.39 is 11.8 Å². The molecule has 126 valence electrons. The number of epoxide rings is 1. The van der Waals surface area contributed by atoms with Crippen LogP contribution in [0, 0.1) is 0 Å². The zero-order valence-corrected chi connectivity index (χ0v) is 13.8. The summed E-state index contributed by atoms with van der Waals surface area (Å²) >= 11 is 0. The third-order valence-corrected chi connectivity index (χ3v) is 3.89. The van der Waals surface area contributed by atoms with Crippen LogP contribution < -0.4 is 14.2 Å². The van der Waals surface area contributed by atoms with Crippen LogP contribution in [0.1, 0.15) is 6.92 Å². The standard InChI is InChI=1S/C21H18O4/c1-20(22-17-11-5-2-6-12-17)21(25-20,23-18-13-7-3-8-14-18)24-19-15-9-4-10-16-19/h2-16H,1H3. The van der Waals surface area contributed by atoms with Crippen LogP contribution in [0.4, 0.5) is 0 Å². The second kappa shape index (κ2) is 6.15. The van der Waals surface area contributed by atoms with E-state index in [0.29, 0.717) is 17.2 Å². The van der Waals surface area contributed by atoms with Gasteiger partial charge < -0.3 is 14.2 Å². The lowest BCUT2D eigenvalue weighted by atomic mass is 10.3. The molecule has 0 amide bonds. The molecule has 0 radical (unpaired) electrons. The van der Waals surface area contributed by atoms with E-state index in [-0.39, 0.29) is 0 Å². The number of rotatable bonds is 6. The first-order valence-electron chi connectivity index (χ1n) is 8.12. The Balaban J connectivity index is 1.61. The predicted octanol–water partition coefficient (Wildman–Crippen LogP) is 4.62. The molecule has 0 bridgehead atoms. The van der Waals surface area contributed by atoms with Crippen LogP contribution in [-0.4, -0.2) is 11.8 Å². The molecule has 0 N–H and O–H groups in total. The summed E-state index contributed by atoms with van der Waals surface area (Å²) in [4.78, 5) is 0. The van der Waals surface area contributed by atoms with Crippen LogP contribution in [0.5, 0.6) is 17.2 Å². The average molecular weight is 334 g/mol. The van der Waals surface area contributed by atoms with Gasteiger partial charge in [-0.25, -0.2) is 4.74 Å². The Morgan fingerprint density at radius 3 is 1.32 bits per heavy atom. The van der Waals surface area contributed by atoms with Gasteiger partial charge in [0.2, 0.25) is 0 Å². The molecule has 1 aliphatic rings. The number of benzene rings is 3. The molecule has 0 aromatic heterocycles.